The summed E-state index contributed by atoms with van der Waals surface area (Å²) in [5, 5.41) is 21.4. The molecule has 4 nitrogen and oxygen atoms in total. The summed E-state index contributed by atoms with van der Waals surface area (Å²) in [4.78, 5) is 0. The van der Waals surface area contributed by atoms with Gasteiger partial charge in [0.05, 0.1) is 12.1 Å². The molecule has 52 valence electrons. The van der Waals surface area contributed by atoms with E-state index in [1.54, 1.807) is 0 Å². The van der Waals surface area contributed by atoms with E-state index in [-0.39, 0.29) is 12.1 Å². The highest BCUT2D eigenvalue weighted by molar-refractivity contribution is 5.02. The monoisotopic (exact) mass is 136 g/mol. The quantitative estimate of drug-likeness (QED) is 0.416. The van der Waals surface area contributed by atoms with Gasteiger partial charge in [-0.2, -0.15) is 10.5 Å². The molecule has 2 heterocycles. The molecule has 10 heavy (non-hydrogen) atoms. The second kappa shape index (κ2) is 3.17. The zero-order chi connectivity index (χ0) is 7.40. The van der Waals surface area contributed by atoms with E-state index in [9.17, 15) is 0 Å². The van der Waals surface area contributed by atoms with Gasteiger partial charge < -0.3 is 0 Å². The molecule has 0 amide bonds. The summed E-state index contributed by atoms with van der Waals surface area (Å²) in [6.07, 6.45) is 0. The predicted octanol–water partition coefficient (Wildman–Crippen LogP) is -1.04. The lowest BCUT2D eigenvalue weighted by molar-refractivity contribution is 1.21. The topological polar surface area (TPSA) is 91.5 Å². The third-order valence-electron chi connectivity index (χ3n) is 1.13. The fourth-order valence-corrected chi connectivity index (χ4v) is 0.300. The standard InChI is InChI=1S/2C3H4N2/c2*4-1-3-2-5-3/h2*3,5H,2H2. The second-order valence-corrected chi connectivity index (χ2v) is 2.18. The fourth-order valence-electron chi connectivity index (χ4n) is 0.300. The minimum Gasteiger partial charge on any atom is -0.298 e. The van der Waals surface area contributed by atoms with Crippen molar-refractivity contribution in [2.45, 2.75) is 12.1 Å². The van der Waals surface area contributed by atoms with E-state index < -0.39 is 0 Å². The molecule has 4 heteroatoms. The SMILES string of the molecule is N#CC1CN1.N#CC1CN1. The largest absolute Gasteiger partial charge is 0.298 e. The summed E-state index contributed by atoms with van der Waals surface area (Å²) in [6, 6.07) is 4.44. The highest BCUT2D eigenvalue weighted by Gasteiger charge is 2.17. The Morgan fingerprint density at radius 2 is 1.30 bits per heavy atom. The van der Waals surface area contributed by atoms with Crippen LogP contribution in [0.4, 0.5) is 0 Å². The average molecular weight is 136 g/mol. The van der Waals surface area contributed by atoms with Crippen molar-refractivity contribution in [3.8, 4) is 12.1 Å². The zero-order valence-corrected chi connectivity index (χ0v) is 5.46. The molecular formula is C6H8N4. The Morgan fingerprint density at radius 3 is 1.30 bits per heavy atom. The zero-order valence-electron chi connectivity index (χ0n) is 5.46. The minimum atomic E-state index is 0.190. The molecule has 0 bridgehead atoms. The Morgan fingerprint density at radius 1 is 1.00 bits per heavy atom. The van der Waals surface area contributed by atoms with Gasteiger partial charge in [0.15, 0.2) is 0 Å². The van der Waals surface area contributed by atoms with E-state index in [1.807, 2.05) is 12.1 Å². The summed E-state index contributed by atoms with van der Waals surface area (Å²) in [5.74, 6) is 0. The minimum absolute atomic E-state index is 0.190. The van der Waals surface area contributed by atoms with Crippen LogP contribution in [0.1, 0.15) is 0 Å². The molecule has 0 aliphatic carbocycles. The van der Waals surface area contributed by atoms with E-state index in [4.69, 9.17) is 10.5 Å². The molecule has 2 unspecified atom stereocenters. The van der Waals surface area contributed by atoms with Gasteiger partial charge in [0.2, 0.25) is 0 Å². The first-order chi connectivity index (χ1) is 4.86. The maximum absolute atomic E-state index is 7.89. The van der Waals surface area contributed by atoms with Crippen molar-refractivity contribution in [2.24, 2.45) is 0 Å². The van der Waals surface area contributed by atoms with Gasteiger partial charge in [-0.1, -0.05) is 0 Å². The van der Waals surface area contributed by atoms with Crippen molar-refractivity contribution >= 4 is 0 Å². The summed E-state index contributed by atoms with van der Waals surface area (Å²) in [6.45, 7) is 1.80. The van der Waals surface area contributed by atoms with Crippen LogP contribution >= 0.6 is 0 Å². The predicted molar refractivity (Wildman–Crippen MR) is 34.8 cm³/mol. The first-order valence-electron chi connectivity index (χ1n) is 3.13. The molecule has 2 aliphatic rings. The van der Waals surface area contributed by atoms with Crippen LogP contribution < -0.4 is 10.6 Å². The molecule has 0 radical (unpaired) electrons. The summed E-state index contributed by atoms with van der Waals surface area (Å²) in [7, 11) is 0. The molecule has 2 saturated heterocycles. The average Bonchev–Trinajstić information content (AvgIpc) is 2.86. The molecule has 0 aromatic carbocycles. The van der Waals surface area contributed by atoms with Crippen LogP contribution in [-0.4, -0.2) is 25.2 Å². The van der Waals surface area contributed by atoms with Crippen molar-refractivity contribution in [1.82, 2.24) is 10.6 Å². The van der Waals surface area contributed by atoms with Gasteiger partial charge in [0.25, 0.3) is 0 Å². The van der Waals surface area contributed by atoms with Gasteiger partial charge in [-0.3, -0.25) is 10.6 Å². The van der Waals surface area contributed by atoms with Gasteiger partial charge in [-0.25, -0.2) is 0 Å². The van der Waals surface area contributed by atoms with Gasteiger partial charge in [0.1, 0.15) is 12.1 Å². The van der Waals surface area contributed by atoms with Crippen LogP contribution in [0.25, 0.3) is 0 Å². The highest BCUT2D eigenvalue weighted by atomic mass is 15.1. The molecule has 0 aromatic rings. The van der Waals surface area contributed by atoms with E-state index in [1.165, 1.54) is 0 Å². The Hall–Kier alpha value is -1.10. The van der Waals surface area contributed by atoms with Crippen LogP contribution in [0.5, 0.6) is 0 Å². The molecule has 2 atom stereocenters. The highest BCUT2D eigenvalue weighted by Crippen LogP contribution is 1.89. The number of hydrogen-bond acceptors (Lipinski definition) is 4. The van der Waals surface area contributed by atoms with Crippen molar-refractivity contribution in [2.75, 3.05) is 13.1 Å². The third-order valence-corrected chi connectivity index (χ3v) is 1.13. The van der Waals surface area contributed by atoms with Crippen LogP contribution in [0.3, 0.4) is 0 Å². The van der Waals surface area contributed by atoms with Crippen molar-refractivity contribution in [1.29, 1.82) is 10.5 Å². The van der Waals surface area contributed by atoms with Crippen LogP contribution in [0, 0.1) is 22.7 Å². The van der Waals surface area contributed by atoms with E-state index in [0.717, 1.165) is 13.1 Å². The number of nitrogens with zero attached hydrogens (tertiary/aromatic N) is 2. The van der Waals surface area contributed by atoms with Crippen LogP contribution in [0.2, 0.25) is 0 Å². The summed E-state index contributed by atoms with van der Waals surface area (Å²) < 4.78 is 0. The normalized spacial score (nSPS) is 32.2. The number of hydrogen-bond donors (Lipinski definition) is 2. The number of rotatable bonds is 0. The molecule has 2 rings (SSSR count). The van der Waals surface area contributed by atoms with Crippen molar-refractivity contribution in [3.63, 3.8) is 0 Å². The molecule has 0 aromatic heterocycles. The molecule has 2 N–H and O–H groups in total. The van der Waals surface area contributed by atoms with Crippen LogP contribution in [0.15, 0.2) is 0 Å². The van der Waals surface area contributed by atoms with Crippen molar-refractivity contribution < 1.29 is 0 Å². The lowest BCUT2D eigenvalue weighted by Gasteiger charge is -1.51. The Kier molecular flexibility index (Phi) is 2.22. The Balaban J connectivity index is 0.0000001000. The molecule has 0 saturated carbocycles. The van der Waals surface area contributed by atoms with E-state index in [0.29, 0.717) is 0 Å². The first-order valence-corrected chi connectivity index (χ1v) is 3.13. The molecule has 2 fully saturated rings. The first kappa shape index (κ1) is 7.01. The van der Waals surface area contributed by atoms with Gasteiger partial charge in [-0.15, -0.1) is 0 Å². The van der Waals surface area contributed by atoms with Gasteiger partial charge in [0, 0.05) is 13.1 Å². The second-order valence-electron chi connectivity index (χ2n) is 2.18. The Bertz CT molecular complexity index is 157. The maximum atomic E-state index is 7.89. The third kappa shape index (κ3) is 3.03. The smallest absolute Gasteiger partial charge is 0.108 e. The van der Waals surface area contributed by atoms with Gasteiger partial charge in [-0.05, 0) is 0 Å². The maximum Gasteiger partial charge on any atom is 0.108 e. The lowest BCUT2D eigenvalue weighted by atomic mass is 10.6. The number of nitriles is 2. The summed E-state index contributed by atoms with van der Waals surface area (Å²) >= 11 is 0. The molecular weight excluding hydrogens is 128 g/mol. The van der Waals surface area contributed by atoms with Crippen LogP contribution in [-0.2, 0) is 0 Å². The fraction of sp³-hybridized carbons (Fsp3) is 0.667. The number of nitrogens with one attached hydrogen (secondary N) is 2. The Labute approximate surface area is 59.4 Å². The molecule has 2 aliphatic heterocycles. The van der Waals surface area contributed by atoms with E-state index in [2.05, 4.69) is 10.6 Å². The van der Waals surface area contributed by atoms with Crippen molar-refractivity contribution in [3.05, 3.63) is 0 Å². The molecule has 0 spiro atoms. The summed E-state index contributed by atoms with van der Waals surface area (Å²) in [5.41, 5.74) is 0. The van der Waals surface area contributed by atoms with E-state index >= 15 is 0 Å². The lowest BCUT2D eigenvalue weighted by Crippen LogP contribution is -1.78. The van der Waals surface area contributed by atoms with Gasteiger partial charge >= 0.3 is 0 Å².